The molecular formula is C13H21NO. The maximum absolute atomic E-state index is 5.48. The Bertz CT molecular complexity index is 266. The van der Waals surface area contributed by atoms with Gasteiger partial charge in [-0.15, -0.1) is 0 Å². The Balaban J connectivity index is 2.36. The Kier molecular flexibility index (Phi) is 5.37. The average molecular weight is 207 g/mol. The fourth-order valence-corrected chi connectivity index (χ4v) is 1.37. The van der Waals surface area contributed by atoms with Gasteiger partial charge < -0.3 is 10.5 Å². The first-order valence-corrected chi connectivity index (χ1v) is 5.60. The summed E-state index contributed by atoms with van der Waals surface area (Å²) >= 11 is 0. The lowest BCUT2D eigenvalue weighted by Gasteiger charge is -2.07. The second-order valence-electron chi connectivity index (χ2n) is 4.09. The highest BCUT2D eigenvalue weighted by molar-refractivity contribution is 5.24. The monoisotopic (exact) mass is 207 g/mol. The van der Waals surface area contributed by atoms with Crippen molar-refractivity contribution in [1.82, 2.24) is 0 Å². The van der Waals surface area contributed by atoms with Gasteiger partial charge in [-0.2, -0.15) is 0 Å². The standard InChI is InChI=1S/C13H21NO/c1-11(2)13-6-4-12(5-7-13)10-15-9-3-8-14/h4-7,11H,3,8-10,14H2,1-2H3. The van der Waals surface area contributed by atoms with Crippen LogP contribution in [0.2, 0.25) is 0 Å². The zero-order chi connectivity index (χ0) is 11.1. The summed E-state index contributed by atoms with van der Waals surface area (Å²) in [5.41, 5.74) is 7.99. The fraction of sp³-hybridized carbons (Fsp3) is 0.538. The molecule has 0 unspecified atom stereocenters. The van der Waals surface area contributed by atoms with Gasteiger partial charge in [0, 0.05) is 6.61 Å². The summed E-state index contributed by atoms with van der Waals surface area (Å²) in [6.07, 6.45) is 0.935. The maximum atomic E-state index is 5.48. The summed E-state index contributed by atoms with van der Waals surface area (Å²) in [5, 5.41) is 0. The molecule has 84 valence electrons. The Morgan fingerprint density at radius 3 is 2.40 bits per heavy atom. The van der Waals surface area contributed by atoms with Crippen LogP contribution >= 0.6 is 0 Å². The van der Waals surface area contributed by atoms with Crippen molar-refractivity contribution >= 4 is 0 Å². The molecule has 1 rings (SSSR count). The first-order chi connectivity index (χ1) is 7.24. The van der Waals surface area contributed by atoms with Crippen molar-refractivity contribution < 1.29 is 4.74 Å². The highest BCUT2D eigenvalue weighted by atomic mass is 16.5. The molecule has 0 saturated carbocycles. The van der Waals surface area contributed by atoms with Crippen LogP contribution in [0.15, 0.2) is 24.3 Å². The van der Waals surface area contributed by atoms with Crippen LogP contribution in [-0.2, 0) is 11.3 Å². The smallest absolute Gasteiger partial charge is 0.0716 e. The minimum atomic E-state index is 0.595. The van der Waals surface area contributed by atoms with Crippen LogP contribution in [0.25, 0.3) is 0 Å². The topological polar surface area (TPSA) is 35.2 Å². The molecule has 0 aliphatic carbocycles. The SMILES string of the molecule is CC(C)c1ccc(COCCCN)cc1. The molecule has 0 bridgehead atoms. The third kappa shape index (κ3) is 4.45. The quantitative estimate of drug-likeness (QED) is 0.728. The third-order valence-electron chi connectivity index (χ3n) is 2.41. The molecule has 2 N–H and O–H groups in total. The molecule has 0 spiro atoms. The molecule has 0 aliphatic rings. The molecule has 1 aromatic carbocycles. The Morgan fingerprint density at radius 1 is 1.20 bits per heavy atom. The zero-order valence-electron chi connectivity index (χ0n) is 9.70. The van der Waals surface area contributed by atoms with Crippen LogP contribution in [0, 0.1) is 0 Å². The summed E-state index contributed by atoms with van der Waals surface area (Å²) in [5.74, 6) is 0.595. The van der Waals surface area contributed by atoms with Gasteiger partial charge in [-0.3, -0.25) is 0 Å². The number of nitrogens with two attached hydrogens (primary N) is 1. The summed E-state index contributed by atoms with van der Waals surface area (Å²) < 4.78 is 5.48. The van der Waals surface area contributed by atoms with Gasteiger partial charge >= 0.3 is 0 Å². The third-order valence-corrected chi connectivity index (χ3v) is 2.41. The molecule has 0 radical (unpaired) electrons. The van der Waals surface area contributed by atoms with Gasteiger partial charge in [0.25, 0.3) is 0 Å². The number of hydrogen-bond donors (Lipinski definition) is 1. The van der Waals surface area contributed by atoms with Crippen LogP contribution in [0.3, 0.4) is 0 Å². The van der Waals surface area contributed by atoms with Gasteiger partial charge in [-0.1, -0.05) is 38.1 Å². The van der Waals surface area contributed by atoms with Crippen LogP contribution in [0.5, 0.6) is 0 Å². The Morgan fingerprint density at radius 2 is 1.87 bits per heavy atom. The lowest BCUT2D eigenvalue weighted by molar-refractivity contribution is 0.120. The minimum absolute atomic E-state index is 0.595. The summed E-state index contributed by atoms with van der Waals surface area (Å²) in [7, 11) is 0. The first-order valence-electron chi connectivity index (χ1n) is 5.60. The van der Waals surface area contributed by atoms with E-state index in [-0.39, 0.29) is 0 Å². The molecule has 0 aromatic heterocycles. The zero-order valence-corrected chi connectivity index (χ0v) is 9.70. The predicted octanol–water partition coefficient (Wildman–Crippen LogP) is 2.68. The molecule has 2 heteroatoms. The van der Waals surface area contributed by atoms with E-state index in [1.54, 1.807) is 0 Å². The van der Waals surface area contributed by atoms with Gasteiger partial charge in [-0.05, 0) is 30.0 Å². The summed E-state index contributed by atoms with van der Waals surface area (Å²) in [6, 6.07) is 8.62. The number of rotatable bonds is 6. The van der Waals surface area contributed by atoms with E-state index in [2.05, 4.69) is 38.1 Å². The number of ether oxygens (including phenoxy) is 1. The van der Waals surface area contributed by atoms with E-state index in [1.165, 1.54) is 11.1 Å². The van der Waals surface area contributed by atoms with Crippen molar-refractivity contribution in [1.29, 1.82) is 0 Å². The molecule has 2 nitrogen and oxygen atoms in total. The van der Waals surface area contributed by atoms with Crippen molar-refractivity contribution in [2.45, 2.75) is 32.8 Å². The lowest BCUT2D eigenvalue weighted by atomic mass is 10.0. The molecular weight excluding hydrogens is 186 g/mol. The van der Waals surface area contributed by atoms with Crippen molar-refractivity contribution in [3.8, 4) is 0 Å². The van der Waals surface area contributed by atoms with E-state index in [4.69, 9.17) is 10.5 Å². The molecule has 0 aliphatic heterocycles. The minimum Gasteiger partial charge on any atom is -0.377 e. The predicted molar refractivity (Wildman–Crippen MR) is 63.9 cm³/mol. The van der Waals surface area contributed by atoms with Crippen LogP contribution < -0.4 is 5.73 Å². The molecule has 0 amide bonds. The highest BCUT2D eigenvalue weighted by Gasteiger charge is 1.98. The molecule has 0 atom stereocenters. The van der Waals surface area contributed by atoms with E-state index in [0.717, 1.165) is 13.0 Å². The fourth-order valence-electron chi connectivity index (χ4n) is 1.37. The van der Waals surface area contributed by atoms with Crippen LogP contribution in [0.4, 0.5) is 0 Å². The first kappa shape index (κ1) is 12.2. The second kappa shape index (κ2) is 6.59. The van der Waals surface area contributed by atoms with E-state index in [9.17, 15) is 0 Å². The number of hydrogen-bond acceptors (Lipinski definition) is 2. The second-order valence-corrected chi connectivity index (χ2v) is 4.09. The molecule has 0 fully saturated rings. The van der Waals surface area contributed by atoms with Crippen molar-refractivity contribution in [2.24, 2.45) is 5.73 Å². The normalized spacial score (nSPS) is 10.9. The van der Waals surface area contributed by atoms with Gasteiger partial charge in [0.1, 0.15) is 0 Å². The van der Waals surface area contributed by atoms with Crippen LogP contribution in [0.1, 0.15) is 37.3 Å². The summed E-state index contributed by atoms with van der Waals surface area (Å²) in [6.45, 7) is 6.55. The molecule has 1 aromatic rings. The maximum Gasteiger partial charge on any atom is 0.0716 e. The molecule has 0 heterocycles. The van der Waals surface area contributed by atoms with Crippen molar-refractivity contribution in [3.63, 3.8) is 0 Å². The Hall–Kier alpha value is -0.860. The highest BCUT2D eigenvalue weighted by Crippen LogP contribution is 2.14. The number of benzene rings is 1. The van der Waals surface area contributed by atoms with Gasteiger partial charge in [0.05, 0.1) is 6.61 Å². The molecule has 0 saturated heterocycles. The van der Waals surface area contributed by atoms with Gasteiger partial charge in [0.15, 0.2) is 0 Å². The average Bonchev–Trinajstić information content (AvgIpc) is 2.25. The lowest BCUT2D eigenvalue weighted by Crippen LogP contribution is -2.04. The van der Waals surface area contributed by atoms with Crippen LogP contribution in [-0.4, -0.2) is 13.2 Å². The summed E-state index contributed by atoms with van der Waals surface area (Å²) in [4.78, 5) is 0. The van der Waals surface area contributed by atoms with Gasteiger partial charge in [-0.25, -0.2) is 0 Å². The van der Waals surface area contributed by atoms with Crippen molar-refractivity contribution in [2.75, 3.05) is 13.2 Å². The van der Waals surface area contributed by atoms with E-state index in [0.29, 0.717) is 19.1 Å². The Labute approximate surface area is 92.4 Å². The molecule has 15 heavy (non-hydrogen) atoms. The van der Waals surface area contributed by atoms with E-state index in [1.807, 2.05) is 0 Å². The van der Waals surface area contributed by atoms with E-state index >= 15 is 0 Å². The van der Waals surface area contributed by atoms with E-state index < -0.39 is 0 Å². The van der Waals surface area contributed by atoms with Gasteiger partial charge in [0.2, 0.25) is 0 Å². The van der Waals surface area contributed by atoms with Crippen molar-refractivity contribution in [3.05, 3.63) is 35.4 Å². The largest absolute Gasteiger partial charge is 0.377 e.